The van der Waals surface area contributed by atoms with E-state index in [4.69, 9.17) is 5.84 Å². The number of alkyl halides is 3. The molecule has 0 aliphatic carbocycles. The molecule has 10 heteroatoms. The van der Waals surface area contributed by atoms with Gasteiger partial charge in [-0.3, -0.25) is 9.59 Å². The van der Waals surface area contributed by atoms with E-state index >= 15 is 0 Å². The number of hydrazine groups is 1. The highest BCUT2D eigenvalue weighted by Crippen LogP contribution is 2.39. The smallest absolute Gasteiger partial charge is 0.345 e. The second-order valence-corrected chi connectivity index (χ2v) is 8.85. The fourth-order valence-corrected chi connectivity index (χ4v) is 4.73. The lowest BCUT2D eigenvalue weighted by atomic mass is 10.1. The Morgan fingerprint density at radius 2 is 1.94 bits per heavy atom. The standard InChI is InChI=1S/C25H28F3N5O2/c1-3-22(34)31-12-5-8-19(11-13-31)32-21-10-9-16(2)14-20(21)30-24(32)33(29)23(35)17-6-4-7-18(15-17)25(26,27)28/h3-4,6-7,9-10,14-15,19,24,30H,1,5,8,11-13,29H2,2H3. The molecule has 35 heavy (non-hydrogen) atoms. The van der Waals surface area contributed by atoms with Gasteiger partial charge in [0.25, 0.3) is 5.91 Å². The minimum absolute atomic E-state index is 0.0561. The quantitative estimate of drug-likeness (QED) is 0.294. The van der Waals surface area contributed by atoms with Crippen molar-refractivity contribution < 1.29 is 22.8 Å². The molecule has 4 rings (SSSR count). The van der Waals surface area contributed by atoms with Crippen LogP contribution in [0.25, 0.3) is 0 Å². The zero-order chi connectivity index (χ0) is 25.3. The number of likely N-dealkylation sites (tertiary alicyclic amines) is 1. The van der Waals surface area contributed by atoms with Gasteiger partial charge in [0.1, 0.15) is 0 Å². The molecular weight excluding hydrogens is 459 g/mol. The maximum atomic E-state index is 13.2. The summed E-state index contributed by atoms with van der Waals surface area (Å²) >= 11 is 0. The summed E-state index contributed by atoms with van der Waals surface area (Å²) in [6.07, 6.45) is -1.94. The Labute approximate surface area is 201 Å². The van der Waals surface area contributed by atoms with E-state index in [-0.39, 0.29) is 17.5 Å². The largest absolute Gasteiger partial charge is 0.416 e. The van der Waals surface area contributed by atoms with Gasteiger partial charge < -0.3 is 15.1 Å². The molecule has 0 spiro atoms. The van der Waals surface area contributed by atoms with E-state index in [0.717, 1.165) is 46.9 Å². The van der Waals surface area contributed by atoms with Gasteiger partial charge in [-0.25, -0.2) is 10.9 Å². The number of anilines is 2. The number of hydrogen-bond donors (Lipinski definition) is 2. The third kappa shape index (κ3) is 4.97. The van der Waals surface area contributed by atoms with Gasteiger partial charge in [-0.2, -0.15) is 13.2 Å². The van der Waals surface area contributed by atoms with Gasteiger partial charge in [-0.05, 0) is 68.2 Å². The van der Waals surface area contributed by atoms with Gasteiger partial charge in [-0.15, -0.1) is 0 Å². The summed E-state index contributed by atoms with van der Waals surface area (Å²) < 4.78 is 39.6. The number of carbonyl (C=O) groups excluding carboxylic acids is 2. The number of fused-ring (bicyclic) bond motifs is 1. The van der Waals surface area contributed by atoms with Crippen molar-refractivity contribution in [3.8, 4) is 0 Å². The van der Waals surface area contributed by atoms with Crippen LogP contribution < -0.4 is 16.1 Å². The highest BCUT2D eigenvalue weighted by atomic mass is 19.4. The van der Waals surface area contributed by atoms with Crippen LogP contribution in [0.3, 0.4) is 0 Å². The van der Waals surface area contributed by atoms with Crippen molar-refractivity contribution in [2.24, 2.45) is 5.84 Å². The zero-order valence-electron chi connectivity index (χ0n) is 19.4. The Morgan fingerprint density at radius 1 is 1.17 bits per heavy atom. The van der Waals surface area contributed by atoms with Crippen LogP contribution in [-0.2, 0) is 11.0 Å². The molecule has 186 valence electrons. The number of benzene rings is 2. The molecule has 0 radical (unpaired) electrons. The Kier molecular flexibility index (Phi) is 6.75. The van der Waals surface area contributed by atoms with Gasteiger partial charge in [0.15, 0.2) is 6.29 Å². The van der Waals surface area contributed by atoms with Gasteiger partial charge in [0.2, 0.25) is 5.91 Å². The molecule has 1 fully saturated rings. The topological polar surface area (TPSA) is 81.9 Å². The highest BCUT2D eigenvalue weighted by Gasteiger charge is 2.40. The van der Waals surface area contributed by atoms with Gasteiger partial charge >= 0.3 is 6.18 Å². The molecule has 0 bridgehead atoms. The maximum Gasteiger partial charge on any atom is 0.416 e. The van der Waals surface area contributed by atoms with Crippen molar-refractivity contribution in [1.29, 1.82) is 0 Å². The van der Waals surface area contributed by atoms with E-state index in [9.17, 15) is 22.8 Å². The van der Waals surface area contributed by atoms with Crippen LogP contribution in [0.5, 0.6) is 0 Å². The van der Waals surface area contributed by atoms with E-state index in [1.165, 1.54) is 18.2 Å². The molecule has 2 unspecified atom stereocenters. The average Bonchev–Trinajstić information content (AvgIpc) is 3.03. The lowest BCUT2D eigenvalue weighted by Gasteiger charge is -2.38. The van der Waals surface area contributed by atoms with E-state index in [2.05, 4.69) is 11.9 Å². The first-order valence-corrected chi connectivity index (χ1v) is 11.4. The summed E-state index contributed by atoms with van der Waals surface area (Å²) in [5.41, 5.74) is 1.57. The molecule has 2 heterocycles. The summed E-state index contributed by atoms with van der Waals surface area (Å²) in [6, 6.07) is 10.0. The molecule has 7 nitrogen and oxygen atoms in total. The number of hydrogen-bond acceptors (Lipinski definition) is 5. The van der Waals surface area contributed by atoms with Crippen LogP contribution in [0.2, 0.25) is 0 Å². The average molecular weight is 488 g/mol. The van der Waals surface area contributed by atoms with Crippen molar-refractivity contribution in [1.82, 2.24) is 9.91 Å². The van der Waals surface area contributed by atoms with Crippen molar-refractivity contribution in [3.63, 3.8) is 0 Å². The summed E-state index contributed by atoms with van der Waals surface area (Å²) in [4.78, 5) is 29.1. The van der Waals surface area contributed by atoms with Crippen LogP contribution in [-0.4, -0.2) is 47.1 Å². The molecule has 2 aliphatic heterocycles. The molecule has 1 saturated heterocycles. The van der Waals surface area contributed by atoms with Crippen LogP contribution in [0, 0.1) is 6.92 Å². The van der Waals surface area contributed by atoms with Gasteiger partial charge in [0.05, 0.1) is 16.9 Å². The zero-order valence-corrected chi connectivity index (χ0v) is 19.4. The third-order valence-corrected chi connectivity index (χ3v) is 6.49. The van der Waals surface area contributed by atoms with Crippen molar-refractivity contribution in [2.45, 2.75) is 44.7 Å². The molecule has 2 amide bonds. The summed E-state index contributed by atoms with van der Waals surface area (Å²) in [5.74, 6) is 5.42. The van der Waals surface area contributed by atoms with Crippen LogP contribution in [0.15, 0.2) is 55.1 Å². The first-order chi connectivity index (χ1) is 16.6. The van der Waals surface area contributed by atoms with Crippen LogP contribution in [0.1, 0.15) is 40.7 Å². The maximum absolute atomic E-state index is 13.2. The molecule has 3 N–H and O–H groups in total. The normalized spacial score (nSPS) is 20.0. The summed E-state index contributed by atoms with van der Waals surface area (Å²) in [7, 11) is 0. The van der Waals surface area contributed by atoms with Crippen molar-refractivity contribution >= 4 is 23.2 Å². The number of amides is 2. The molecular formula is C25H28F3N5O2. The summed E-state index contributed by atoms with van der Waals surface area (Å²) in [6.45, 7) is 6.63. The second kappa shape index (κ2) is 9.61. The fraction of sp³-hybridized carbons (Fsp3) is 0.360. The Hall–Kier alpha value is -3.53. The molecule has 0 saturated carbocycles. The first kappa shape index (κ1) is 24.6. The van der Waals surface area contributed by atoms with Gasteiger partial charge in [-0.1, -0.05) is 18.7 Å². The van der Waals surface area contributed by atoms with Gasteiger partial charge in [0, 0.05) is 24.7 Å². The van der Waals surface area contributed by atoms with E-state index in [0.29, 0.717) is 19.5 Å². The lowest BCUT2D eigenvalue weighted by molar-refractivity contribution is -0.137. The fourth-order valence-electron chi connectivity index (χ4n) is 4.73. The van der Waals surface area contributed by atoms with E-state index < -0.39 is 23.9 Å². The monoisotopic (exact) mass is 487 g/mol. The number of nitrogens with one attached hydrogen (secondary N) is 1. The number of nitrogens with two attached hydrogens (primary N) is 1. The Balaban J connectivity index is 1.63. The predicted octanol–water partition coefficient (Wildman–Crippen LogP) is 4.11. The Bertz CT molecular complexity index is 1140. The molecule has 2 atom stereocenters. The minimum atomic E-state index is -4.57. The Morgan fingerprint density at radius 3 is 2.66 bits per heavy atom. The molecule has 2 aliphatic rings. The number of nitrogens with zero attached hydrogens (tertiary/aromatic N) is 3. The molecule has 2 aromatic rings. The number of aryl methyl sites for hydroxylation is 1. The van der Waals surface area contributed by atoms with E-state index in [1.54, 1.807) is 4.90 Å². The first-order valence-electron chi connectivity index (χ1n) is 11.4. The predicted molar refractivity (Wildman–Crippen MR) is 127 cm³/mol. The third-order valence-electron chi connectivity index (χ3n) is 6.49. The number of rotatable bonds is 4. The van der Waals surface area contributed by atoms with E-state index in [1.807, 2.05) is 30.0 Å². The summed E-state index contributed by atoms with van der Waals surface area (Å²) in [5, 5.41) is 4.22. The molecule has 0 aromatic heterocycles. The highest BCUT2D eigenvalue weighted by molar-refractivity contribution is 5.95. The van der Waals surface area contributed by atoms with Crippen molar-refractivity contribution in [2.75, 3.05) is 23.3 Å². The lowest BCUT2D eigenvalue weighted by Crippen LogP contribution is -2.58. The molecule has 2 aromatic carbocycles. The van der Waals surface area contributed by atoms with Crippen LogP contribution >= 0.6 is 0 Å². The SMILES string of the molecule is C=CC(=O)N1CCCC(N2c3ccc(C)cc3NC2N(N)C(=O)c2cccc(C(F)(F)F)c2)CC1. The second-order valence-electron chi connectivity index (χ2n) is 8.85. The number of halogens is 3. The van der Waals surface area contributed by atoms with Crippen molar-refractivity contribution in [3.05, 3.63) is 71.8 Å². The van der Waals surface area contributed by atoms with Crippen LogP contribution in [0.4, 0.5) is 24.5 Å². The minimum Gasteiger partial charge on any atom is -0.345 e. The number of carbonyl (C=O) groups is 2.